The lowest BCUT2D eigenvalue weighted by Crippen LogP contribution is -2.30. The number of hydrogen-bond donors (Lipinski definition) is 0. The number of carbonyl (C=O) groups excluding carboxylic acids is 1. The Morgan fingerprint density at radius 2 is 1.21 bits per heavy atom. The molecule has 0 amide bonds. The normalized spacial score (nSPS) is 20.8. The van der Waals surface area contributed by atoms with Gasteiger partial charge in [0.25, 0.3) is 0 Å². The van der Waals surface area contributed by atoms with Crippen molar-refractivity contribution in [1.29, 1.82) is 0 Å². The molecular weight excluding hydrogens is 340 g/mol. The SMILES string of the molecule is CCC(C)(C)C1C/C(=C\c2ccc(C)cc2)C(=O)/C(=C/c2ccc(C)cc2)C1. The number of aryl methyl sites for hydroxylation is 2. The van der Waals surface area contributed by atoms with Gasteiger partial charge in [-0.25, -0.2) is 0 Å². The van der Waals surface area contributed by atoms with E-state index in [1.165, 1.54) is 11.1 Å². The van der Waals surface area contributed by atoms with Crippen LogP contribution in [0.25, 0.3) is 12.2 Å². The zero-order valence-electron chi connectivity index (χ0n) is 17.9. The highest BCUT2D eigenvalue weighted by molar-refractivity contribution is 6.14. The molecule has 0 atom stereocenters. The van der Waals surface area contributed by atoms with Crippen LogP contribution in [0.5, 0.6) is 0 Å². The van der Waals surface area contributed by atoms with Crippen LogP contribution in [0.15, 0.2) is 59.7 Å². The largest absolute Gasteiger partial charge is 0.289 e. The fourth-order valence-corrected chi connectivity index (χ4v) is 3.81. The molecular formula is C27H32O. The van der Waals surface area contributed by atoms with Gasteiger partial charge < -0.3 is 0 Å². The average Bonchev–Trinajstić information content (AvgIpc) is 2.68. The topological polar surface area (TPSA) is 17.1 Å². The second kappa shape index (κ2) is 8.31. The van der Waals surface area contributed by atoms with Crippen LogP contribution in [-0.4, -0.2) is 5.78 Å². The van der Waals surface area contributed by atoms with E-state index in [1.54, 1.807) is 0 Å². The molecule has 1 fully saturated rings. The maximum atomic E-state index is 13.3. The number of benzene rings is 2. The number of hydrogen-bond acceptors (Lipinski definition) is 1. The van der Waals surface area contributed by atoms with Crippen LogP contribution in [0.1, 0.15) is 62.3 Å². The minimum atomic E-state index is 0.208. The summed E-state index contributed by atoms with van der Waals surface area (Å²) in [5, 5.41) is 0. The van der Waals surface area contributed by atoms with Crippen molar-refractivity contribution in [1.82, 2.24) is 0 Å². The molecule has 2 aromatic carbocycles. The van der Waals surface area contributed by atoms with E-state index in [-0.39, 0.29) is 11.2 Å². The van der Waals surface area contributed by atoms with Gasteiger partial charge >= 0.3 is 0 Å². The highest BCUT2D eigenvalue weighted by Gasteiger charge is 2.36. The van der Waals surface area contributed by atoms with Crippen molar-refractivity contribution in [3.63, 3.8) is 0 Å². The molecule has 0 unspecified atom stereocenters. The van der Waals surface area contributed by atoms with Crippen LogP contribution < -0.4 is 0 Å². The fourth-order valence-electron chi connectivity index (χ4n) is 3.81. The van der Waals surface area contributed by atoms with Gasteiger partial charge in [0.1, 0.15) is 0 Å². The molecule has 1 saturated carbocycles. The molecule has 0 spiro atoms. The highest BCUT2D eigenvalue weighted by atomic mass is 16.1. The molecule has 1 aliphatic rings. The zero-order chi connectivity index (χ0) is 20.3. The minimum Gasteiger partial charge on any atom is -0.289 e. The van der Waals surface area contributed by atoms with Crippen LogP contribution in [0.2, 0.25) is 0 Å². The van der Waals surface area contributed by atoms with Crippen LogP contribution in [0, 0.1) is 25.2 Å². The van der Waals surface area contributed by atoms with Crippen molar-refractivity contribution in [2.45, 2.75) is 53.9 Å². The first-order valence-electron chi connectivity index (χ1n) is 10.4. The molecule has 1 aliphatic carbocycles. The van der Waals surface area contributed by atoms with Crippen LogP contribution in [0.3, 0.4) is 0 Å². The van der Waals surface area contributed by atoms with Gasteiger partial charge in [-0.05, 0) is 61.3 Å². The summed E-state index contributed by atoms with van der Waals surface area (Å²) in [4.78, 5) is 13.3. The molecule has 2 aromatic rings. The van der Waals surface area contributed by atoms with Gasteiger partial charge in [0, 0.05) is 11.1 Å². The van der Waals surface area contributed by atoms with Gasteiger partial charge in [0.2, 0.25) is 0 Å². The van der Waals surface area contributed by atoms with Crippen LogP contribution >= 0.6 is 0 Å². The molecule has 0 saturated heterocycles. The smallest absolute Gasteiger partial charge is 0.185 e. The molecule has 28 heavy (non-hydrogen) atoms. The van der Waals surface area contributed by atoms with Crippen molar-refractivity contribution in [3.8, 4) is 0 Å². The summed E-state index contributed by atoms with van der Waals surface area (Å²) in [5.74, 6) is 0.688. The number of carbonyl (C=O) groups is 1. The molecule has 0 bridgehead atoms. The summed E-state index contributed by atoms with van der Waals surface area (Å²) in [5.41, 5.74) is 6.79. The summed E-state index contributed by atoms with van der Waals surface area (Å²) in [7, 11) is 0. The minimum absolute atomic E-state index is 0.208. The third-order valence-corrected chi connectivity index (χ3v) is 6.37. The highest BCUT2D eigenvalue weighted by Crippen LogP contribution is 2.43. The zero-order valence-corrected chi connectivity index (χ0v) is 17.9. The quantitative estimate of drug-likeness (QED) is 0.519. The van der Waals surface area contributed by atoms with E-state index in [4.69, 9.17) is 0 Å². The van der Waals surface area contributed by atoms with E-state index in [0.29, 0.717) is 5.92 Å². The number of rotatable bonds is 4. The second-order valence-corrected chi connectivity index (χ2v) is 8.94. The molecule has 1 heteroatoms. The van der Waals surface area contributed by atoms with E-state index in [1.807, 2.05) is 0 Å². The van der Waals surface area contributed by atoms with E-state index in [0.717, 1.165) is 41.5 Å². The van der Waals surface area contributed by atoms with Crippen molar-refractivity contribution in [2.24, 2.45) is 11.3 Å². The van der Waals surface area contributed by atoms with E-state index < -0.39 is 0 Å². The molecule has 3 rings (SSSR count). The molecule has 0 aromatic heterocycles. The average molecular weight is 373 g/mol. The van der Waals surface area contributed by atoms with Gasteiger partial charge in [-0.3, -0.25) is 4.79 Å². The Morgan fingerprint density at radius 3 is 1.57 bits per heavy atom. The molecule has 146 valence electrons. The summed E-state index contributed by atoms with van der Waals surface area (Å²) < 4.78 is 0. The number of ketones is 1. The van der Waals surface area contributed by atoms with Gasteiger partial charge in [-0.2, -0.15) is 0 Å². The standard InChI is InChI=1S/C27H32O/c1-6-27(4,5)25-17-23(15-21-11-7-19(2)8-12-21)26(28)24(18-25)16-22-13-9-20(3)10-14-22/h7-16,25H,6,17-18H2,1-5H3/b23-15+,24-16+. The third kappa shape index (κ3) is 4.70. The predicted octanol–water partition coefficient (Wildman–Crippen LogP) is 7.19. The van der Waals surface area contributed by atoms with Gasteiger partial charge in [0.05, 0.1) is 0 Å². The van der Waals surface area contributed by atoms with E-state index >= 15 is 0 Å². The fraction of sp³-hybridized carbons (Fsp3) is 0.370. The third-order valence-electron chi connectivity index (χ3n) is 6.37. The van der Waals surface area contributed by atoms with Crippen molar-refractivity contribution in [2.75, 3.05) is 0 Å². The van der Waals surface area contributed by atoms with E-state index in [2.05, 4.69) is 95.3 Å². The lowest BCUT2D eigenvalue weighted by molar-refractivity contribution is -0.113. The molecule has 0 N–H and O–H groups in total. The van der Waals surface area contributed by atoms with Gasteiger partial charge in [0.15, 0.2) is 5.78 Å². The molecule has 0 heterocycles. The lowest BCUT2D eigenvalue weighted by Gasteiger charge is -2.37. The Kier molecular flexibility index (Phi) is 6.03. The van der Waals surface area contributed by atoms with Gasteiger partial charge in [-0.15, -0.1) is 0 Å². The Labute approximate surface area is 170 Å². The molecule has 0 radical (unpaired) electrons. The number of allylic oxidation sites excluding steroid dienone is 2. The Morgan fingerprint density at radius 1 is 0.821 bits per heavy atom. The summed E-state index contributed by atoms with van der Waals surface area (Å²) in [6, 6.07) is 16.8. The lowest BCUT2D eigenvalue weighted by atomic mass is 9.66. The first kappa shape index (κ1) is 20.3. The second-order valence-electron chi connectivity index (χ2n) is 8.94. The molecule has 1 nitrogen and oxygen atoms in total. The Hall–Kier alpha value is -2.41. The maximum absolute atomic E-state index is 13.3. The van der Waals surface area contributed by atoms with Crippen molar-refractivity contribution in [3.05, 3.63) is 81.9 Å². The maximum Gasteiger partial charge on any atom is 0.185 e. The first-order valence-corrected chi connectivity index (χ1v) is 10.4. The van der Waals surface area contributed by atoms with E-state index in [9.17, 15) is 4.79 Å². The van der Waals surface area contributed by atoms with Crippen molar-refractivity contribution < 1.29 is 4.79 Å². The summed E-state index contributed by atoms with van der Waals surface area (Å²) >= 11 is 0. The van der Waals surface area contributed by atoms with Crippen molar-refractivity contribution >= 4 is 17.9 Å². The predicted molar refractivity (Wildman–Crippen MR) is 120 cm³/mol. The first-order chi connectivity index (χ1) is 13.3. The summed E-state index contributed by atoms with van der Waals surface area (Å²) in [6.45, 7) is 11.1. The van der Waals surface area contributed by atoms with Crippen LogP contribution in [-0.2, 0) is 4.79 Å². The van der Waals surface area contributed by atoms with Crippen LogP contribution in [0.4, 0.5) is 0 Å². The Bertz CT molecular complexity index is 825. The van der Waals surface area contributed by atoms with Gasteiger partial charge in [-0.1, -0.05) is 86.8 Å². The monoisotopic (exact) mass is 372 g/mol. The molecule has 0 aliphatic heterocycles. The summed E-state index contributed by atoms with van der Waals surface area (Å²) in [6.07, 6.45) is 7.03. The number of Topliss-reactive ketones (excluding diaryl/α,β-unsaturated/α-hetero) is 1. The Balaban J connectivity index is 2.00.